The van der Waals surface area contributed by atoms with Gasteiger partial charge in [0.1, 0.15) is 17.9 Å². The standard InChI is InChI=1S/C10H11F2NO2/c11-5-10(6-13,9(14)15)7-2-1-3-8(12)4-7/h1-4H,5-6,13H2,(H,14,15). The highest BCUT2D eigenvalue weighted by atomic mass is 19.1. The largest absolute Gasteiger partial charge is 0.480 e. The van der Waals surface area contributed by atoms with Crippen molar-refractivity contribution in [1.82, 2.24) is 0 Å². The van der Waals surface area contributed by atoms with Crippen molar-refractivity contribution in [2.45, 2.75) is 5.41 Å². The molecule has 5 heteroatoms. The lowest BCUT2D eigenvalue weighted by Crippen LogP contribution is -2.45. The predicted octanol–water partition coefficient (Wildman–Crippen LogP) is 1.08. The van der Waals surface area contributed by atoms with Crippen LogP contribution in [-0.4, -0.2) is 24.3 Å². The zero-order valence-electron chi connectivity index (χ0n) is 7.91. The number of nitrogens with two attached hydrogens (primary N) is 1. The summed E-state index contributed by atoms with van der Waals surface area (Å²) in [7, 11) is 0. The minimum Gasteiger partial charge on any atom is -0.480 e. The van der Waals surface area contributed by atoms with Crippen molar-refractivity contribution in [3.63, 3.8) is 0 Å². The molecule has 0 fully saturated rings. The second kappa shape index (κ2) is 4.35. The SMILES string of the molecule is NCC(CF)(C(=O)O)c1cccc(F)c1. The molecule has 0 aliphatic rings. The molecular formula is C10H11F2NO2. The molecule has 0 saturated heterocycles. The molecule has 82 valence electrons. The van der Waals surface area contributed by atoms with E-state index in [1.165, 1.54) is 12.1 Å². The maximum Gasteiger partial charge on any atom is 0.318 e. The lowest BCUT2D eigenvalue weighted by molar-refractivity contribution is -0.144. The molecule has 0 aliphatic heterocycles. The highest BCUT2D eigenvalue weighted by Crippen LogP contribution is 2.24. The van der Waals surface area contributed by atoms with Crippen LogP contribution in [0.4, 0.5) is 8.78 Å². The van der Waals surface area contributed by atoms with Crippen LogP contribution in [0.15, 0.2) is 24.3 Å². The van der Waals surface area contributed by atoms with Gasteiger partial charge in [0.2, 0.25) is 0 Å². The Hall–Kier alpha value is -1.49. The van der Waals surface area contributed by atoms with Gasteiger partial charge in [0.15, 0.2) is 0 Å². The second-order valence-electron chi connectivity index (χ2n) is 3.24. The van der Waals surface area contributed by atoms with Crippen LogP contribution >= 0.6 is 0 Å². The molecular weight excluding hydrogens is 204 g/mol. The molecule has 0 bridgehead atoms. The molecule has 0 amide bonds. The molecule has 0 radical (unpaired) electrons. The maximum absolute atomic E-state index is 12.9. The molecule has 1 unspecified atom stereocenters. The highest BCUT2D eigenvalue weighted by molar-refractivity contribution is 5.82. The lowest BCUT2D eigenvalue weighted by atomic mass is 9.82. The van der Waals surface area contributed by atoms with Crippen molar-refractivity contribution in [2.75, 3.05) is 13.2 Å². The van der Waals surface area contributed by atoms with E-state index in [-0.39, 0.29) is 5.56 Å². The Kier molecular flexibility index (Phi) is 3.36. The number of carboxylic acids is 1. The smallest absolute Gasteiger partial charge is 0.318 e. The average Bonchev–Trinajstić information content (AvgIpc) is 2.20. The first kappa shape index (κ1) is 11.6. The van der Waals surface area contributed by atoms with Gasteiger partial charge in [-0.1, -0.05) is 12.1 Å². The number of alkyl halides is 1. The molecule has 1 atom stereocenters. The first-order valence-corrected chi connectivity index (χ1v) is 4.32. The Bertz CT molecular complexity index is 364. The first-order valence-electron chi connectivity index (χ1n) is 4.32. The fraction of sp³-hybridized carbons (Fsp3) is 0.300. The van der Waals surface area contributed by atoms with Crippen molar-refractivity contribution < 1.29 is 18.7 Å². The van der Waals surface area contributed by atoms with Crippen LogP contribution in [-0.2, 0) is 10.2 Å². The van der Waals surface area contributed by atoms with E-state index in [2.05, 4.69) is 0 Å². The van der Waals surface area contributed by atoms with Gasteiger partial charge in [-0.05, 0) is 17.7 Å². The minimum absolute atomic E-state index is 0.0417. The lowest BCUT2D eigenvalue weighted by Gasteiger charge is -2.24. The number of aliphatic carboxylic acids is 1. The Morgan fingerprint density at radius 1 is 1.53 bits per heavy atom. The summed E-state index contributed by atoms with van der Waals surface area (Å²) < 4.78 is 25.7. The van der Waals surface area contributed by atoms with Crippen LogP contribution in [0.3, 0.4) is 0 Å². The van der Waals surface area contributed by atoms with Crippen LogP contribution in [0, 0.1) is 5.82 Å². The first-order chi connectivity index (χ1) is 7.06. The summed E-state index contributed by atoms with van der Waals surface area (Å²) in [6.45, 7) is -1.58. The van der Waals surface area contributed by atoms with Crippen LogP contribution in [0.1, 0.15) is 5.56 Å². The van der Waals surface area contributed by atoms with Crippen molar-refractivity contribution in [1.29, 1.82) is 0 Å². The van der Waals surface area contributed by atoms with Gasteiger partial charge < -0.3 is 10.8 Å². The van der Waals surface area contributed by atoms with Gasteiger partial charge in [0.05, 0.1) is 0 Å². The van der Waals surface area contributed by atoms with E-state index in [9.17, 15) is 13.6 Å². The third-order valence-corrected chi connectivity index (χ3v) is 2.36. The van der Waals surface area contributed by atoms with E-state index in [4.69, 9.17) is 10.8 Å². The number of hydrogen-bond donors (Lipinski definition) is 2. The van der Waals surface area contributed by atoms with E-state index >= 15 is 0 Å². The third kappa shape index (κ3) is 1.97. The summed E-state index contributed by atoms with van der Waals surface area (Å²) in [6.07, 6.45) is 0. The molecule has 3 N–H and O–H groups in total. The van der Waals surface area contributed by atoms with E-state index in [1.54, 1.807) is 0 Å². The fourth-order valence-electron chi connectivity index (χ4n) is 1.30. The van der Waals surface area contributed by atoms with Gasteiger partial charge in [0, 0.05) is 6.54 Å². The molecule has 0 saturated carbocycles. The average molecular weight is 215 g/mol. The number of hydrogen-bond acceptors (Lipinski definition) is 2. The number of rotatable bonds is 4. The van der Waals surface area contributed by atoms with Crippen LogP contribution in [0.2, 0.25) is 0 Å². The van der Waals surface area contributed by atoms with Gasteiger partial charge in [0.25, 0.3) is 0 Å². The zero-order valence-corrected chi connectivity index (χ0v) is 7.91. The molecule has 1 aromatic rings. The molecule has 1 rings (SSSR count). The minimum atomic E-state index is -1.85. The van der Waals surface area contributed by atoms with E-state index in [0.717, 1.165) is 12.1 Å². The van der Waals surface area contributed by atoms with E-state index in [1.807, 2.05) is 0 Å². The number of carbonyl (C=O) groups is 1. The Labute approximate surface area is 85.5 Å². The molecule has 0 aromatic heterocycles. The Morgan fingerprint density at radius 2 is 2.20 bits per heavy atom. The second-order valence-corrected chi connectivity index (χ2v) is 3.24. The molecule has 15 heavy (non-hydrogen) atoms. The molecule has 0 heterocycles. The zero-order chi connectivity index (χ0) is 11.5. The normalized spacial score (nSPS) is 14.6. The highest BCUT2D eigenvalue weighted by Gasteiger charge is 2.39. The van der Waals surface area contributed by atoms with Gasteiger partial charge in [-0.15, -0.1) is 0 Å². The number of carboxylic acid groups (broad SMARTS) is 1. The summed E-state index contributed by atoms with van der Waals surface area (Å²) in [5.74, 6) is -2.00. The summed E-state index contributed by atoms with van der Waals surface area (Å²) in [4.78, 5) is 11.0. The number of halogens is 2. The van der Waals surface area contributed by atoms with E-state index in [0.29, 0.717) is 0 Å². The summed E-state index contributed by atoms with van der Waals surface area (Å²) in [6, 6.07) is 4.82. The topological polar surface area (TPSA) is 63.3 Å². The Balaban J connectivity index is 3.26. The fourth-order valence-corrected chi connectivity index (χ4v) is 1.30. The Morgan fingerprint density at radius 3 is 2.60 bits per heavy atom. The van der Waals surface area contributed by atoms with E-state index < -0.39 is 30.4 Å². The van der Waals surface area contributed by atoms with Crippen LogP contribution in [0.5, 0.6) is 0 Å². The number of benzene rings is 1. The molecule has 0 spiro atoms. The van der Waals surface area contributed by atoms with Crippen molar-refractivity contribution in [3.8, 4) is 0 Å². The molecule has 1 aromatic carbocycles. The van der Waals surface area contributed by atoms with Gasteiger partial charge in [-0.25, -0.2) is 8.78 Å². The van der Waals surface area contributed by atoms with Crippen molar-refractivity contribution in [2.24, 2.45) is 5.73 Å². The van der Waals surface area contributed by atoms with Crippen LogP contribution in [0.25, 0.3) is 0 Å². The van der Waals surface area contributed by atoms with Gasteiger partial charge in [-0.3, -0.25) is 4.79 Å². The van der Waals surface area contributed by atoms with Gasteiger partial charge >= 0.3 is 5.97 Å². The maximum atomic E-state index is 12.9. The summed E-state index contributed by atoms with van der Waals surface area (Å²) in [5, 5.41) is 8.93. The third-order valence-electron chi connectivity index (χ3n) is 2.36. The monoisotopic (exact) mass is 215 g/mol. The summed E-state index contributed by atoms with van der Waals surface area (Å²) >= 11 is 0. The molecule has 3 nitrogen and oxygen atoms in total. The van der Waals surface area contributed by atoms with Crippen LogP contribution < -0.4 is 5.73 Å². The predicted molar refractivity (Wildman–Crippen MR) is 50.7 cm³/mol. The van der Waals surface area contributed by atoms with Crippen molar-refractivity contribution in [3.05, 3.63) is 35.6 Å². The van der Waals surface area contributed by atoms with Crippen molar-refractivity contribution >= 4 is 5.97 Å². The summed E-state index contributed by atoms with van der Waals surface area (Å²) in [5.41, 5.74) is 3.45. The molecule has 0 aliphatic carbocycles. The van der Waals surface area contributed by atoms with Gasteiger partial charge in [-0.2, -0.15) is 0 Å². The quantitative estimate of drug-likeness (QED) is 0.789.